The normalized spacial score (nSPS) is 24.6. The third-order valence-corrected chi connectivity index (χ3v) is 4.85. The SMILES string of the molecule is CCC1OCCC1C(Cc1ccc(Br)cc1Cl)NC. The molecule has 0 spiro atoms. The van der Waals surface area contributed by atoms with Crippen LogP contribution >= 0.6 is 27.5 Å². The molecule has 1 N–H and O–H groups in total. The van der Waals surface area contributed by atoms with Gasteiger partial charge in [-0.2, -0.15) is 0 Å². The van der Waals surface area contributed by atoms with Gasteiger partial charge in [-0.3, -0.25) is 0 Å². The third kappa shape index (κ3) is 3.72. The van der Waals surface area contributed by atoms with Crippen molar-refractivity contribution in [2.45, 2.75) is 38.3 Å². The summed E-state index contributed by atoms with van der Waals surface area (Å²) >= 11 is 9.77. The average molecular weight is 347 g/mol. The Kier molecular flexibility index (Phi) is 5.70. The Bertz CT molecular complexity index is 427. The summed E-state index contributed by atoms with van der Waals surface area (Å²) in [6.45, 7) is 3.08. The highest BCUT2D eigenvalue weighted by Crippen LogP contribution is 2.30. The molecule has 0 aliphatic carbocycles. The molecular weight excluding hydrogens is 326 g/mol. The molecule has 1 saturated heterocycles. The Hall–Kier alpha value is -0.0900. The van der Waals surface area contributed by atoms with Crippen molar-refractivity contribution in [3.63, 3.8) is 0 Å². The molecule has 0 saturated carbocycles. The first-order chi connectivity index (χ1) is 9.15. The highest BCUT2D eigenvalue weighted by atomic mass is 79.9. The summed E-state index contributed by atoms with van der Waals surface area (Å²) in [5, 5.41) is 4.28. The lowest BCUT2D eigenvalue weighted by Crippen LogP contribution is -2.39. The van der Waals surface area contributed by atoms with Gasteiger partial charge in [0.2, 0.25) is 0 Å². The van der Waals surface area contributed by atoms with Gasteiger partial charge in [-0.1, -0.05) is 40.5 Å². The molecule has 3 atom stereocenters. The summed E-state index contributed by atoms with van der Waals surface area (Å²) in [5.74, 6) is 0.578. The molecule has 1 aliphatic heterocycles. The Balaban J connectivity index is 2.10. The Morgan fingerprint density at radius 1 is 1.53 bits per heavy atom. The van der Waals surface area contributed by atoms with Gasteiger partial charge in [0.1, 0.15) is 0 Å². The molecule has 2 rings (SSSR count). The van der Waals surface area contributed by atoms with Crippen molar-refractivity contribution in [1.29, 1.82) is 0 Å². The molecule has 106 valence electrons. The lowest BCUT2D eigenvalue weighted by atomic mass is 9.87. The second-order valence-corrected chi connectivity index (χ2v) is 6.43. The summed E-state index contributed by atoms with van der Waals surface area (Å²) < 4.78 is 6.83. The van der Waals surface area contributed by atoms with Crippen LogP contribution in [0.5, 0.6) is 0 Å². The van der Waals surface area contributed by atoms with Gasteiger partial charge in [0.05, 0.1) is 6.10 Å². The molecule has 0 radical (unpaired) electrons. The van der Waals surface area contributed by atoms with Crippen molar-refractivity contribution in [2.75, 3.05) is 13.7 Å². The number of ether oxygens (including phenoxy) is 1. The van der Waals surface area contributed by atoms with E-state index in [1.807, 2.05) is 13.1 Å². The molecule has 19 heavy (non-hydrogen) atoms. The van der Waals surface area contributed by atoms with Crippen LogP contribution in [-0.4, -0.2) is 25.8 Å². The summed E-state index contributed by atoms with van der Waals surface area (Å²) in [7, 11) is 2.03. The summed E-state index contributed by atoms with van der Waals surface area (Å²) in [6, 6.07) is 6.54. The van der Waals surface area contributed by atoms with Crippen LogP contribution in [0.15, 0.2) is 22.7 Å². The van der Waals surface area contributed by atoms with Crippen molar-refractivity contribution in [2.24, 2.45) is 5.92 Å². The molecule has 0 bridgehead atoms. The van der Waals surface area contributed by atoms with E-state index in [1.54, 1.807) is 0 Å². The zero-order valence-corrected chi connectivity index (χ0v) is 13.8. The monoisotopic (exact) mass is 345 g/mol. The fourth-order valence-electron chi connectivity index (χ4n) is 2.94. The van der Waals surface area contributed by atoms with E-state index < -0.39 is 0 Å². The minimum Gasteiger partial charge on any atom is -0.378 e. The number of halogens is 2. The Morgan fingerprint density at radius 2 is 2.32 bits per heavy atom. The van der Waals surface area contributed by atoms with Crippen molar-refractivity contribution in [3.05, 3.63) is 33.3 Å². The Labute approximate surface area is 129 Å². The number of likely N-dealkylation sites (N-methyl/N-ethyl adjacent to an activating group) is 1. The molecule has 1 aliphatic rings. The number of nitrogens with one attached hydrogen (secondary N) is 1. The van der Waals surface area contributed by atoms with Crippen molar-refractivity contribution in [1.82, 2.24) is 5.32 Å². The van der Waals surface area contributed by atoms with Crippen LogP contribution < -0.4 is 5.32 Å². The maximum Gasteiger partial charge on any atom is 0.0616 e. The summed E-state index contributed by atoms with van der Waals surface area (Å²) in [4.78, 5) is 0. The minimum atomic E-state index is 0.381. The zero-order chi connectivity index (χ0) is 13.8. The summed E-state index contributed by atoms with van der Waals surface area (Å²) in [5.41, 5.74) is 1.20. The van der Waals surface area contributed by atoms with Crippen molar-refractivity contribution >= 4 is 27.5 Å². The predicted octanol–water partition coefficient (Wildman–Crippen LogP) is 4.05. The number of benzene rings is 1. The lowest BCUT2D eigenvalue weighted by molar-refractivity contribution is 0.0783. The van der Waals surface area contributed by atoms with Crippen LogP contribution in [0.4, 0.5) is 0 Å². The van der Waals surface area contributed by atoms with Gasteiger partial charge in [0.25, 0.3) is 0 Å². The van der Waals surface area contributed by atoms with Gasteiger partial charge in [-0.15, -0.1) is 0 Å². The molecule has 1 heterocycles. The second-order valence-electron chi connectivity index (χ2n) is 5.11. The van der Waals surface area contributed by atoms with E-state index in [0.717, 1.165) is 35.4 Å². The molecular formula is C15H21BrClNO. The van der Waals surface area contributed by atoms with E-state index in [-0.39, 0.29) is 0 Å². The first-order valence-electron chi connectivity index (χ1n) is 6.88. The number of hydrogen-bond donors (Lipinski definition) is 1. The first-order valence-corrected chi connectivity index (χ1v) is 8.05. The first kappa shape index (κ1) is 15.3. The predicted molar refractivity (Wildman–Crippen MR) is 83.8 cm³/mol. The quantitative estimate of drug-likeness (QED) is 0.868. The van der Waals surface area contributed by atoms with Crippen LogP contribution in [-0.2, 0) is 11.2 Å². The highest BCUT2D eigenvalue weighted by molar-refractivity contribution is 9.10. The maximum absolute atomic E-state index is 6.32. The number of hydrogen-bond acceptors (Lipinski definition) is 2. The van der Waals surface area contributed by atoms with E-state index in [9.17, 15) is 0 Å². The molecule has 0 amide bonds. The highest BCUT2D eigenvalue weighted by Gasteiger charge is 2.33. The van der Waals surface area contributed by atoms with Gasteiger partial charge in [-0.25, -0.2) is 0 Å². The van der Waals surface area contributed by atoms with Crippen molar-refractivity contribution in [3.8, 4) is 0 Å². The topological polar surface area (TPSA) is 21.3 Å². The molecule has 2 nitrogen and oxygen atoms in total. The van der Waals surface area contributed by atoms with E-state index in [0.29, 0.717) is 18.1 Å². The summed E-state index contributed by atoms with van der Waals surface area (Å²) in [6.07, 6.45) is 3.55. The van der Waals surface area contributed by atoms with E-state index >= 15 is 0 Å². The fraction of sp³-hybridized carbons (Fsp3) is 0.600. The smallest absolute Gasteiger partial charge is 0.0616 e. The lowest BCUT2D eigenvalue weighted by Gasteiger charge is -2.27. The molecule has 1 aromatic carbocycles. The minimum absolute atomic E-state index is 0.381. The van der Waals surface area contributed by atoms with Crippen LogP contribution in [0.3, 0.4) is 0 Å². The van der Waals surface area contributed by atoms with Crippen LogP contribution in [0.25, 0.3) is 0 Å². The molecule has 4 heteroatoms. The zero-order valence-electron chi connectivity index (χ0n) is 11.5. The molecule has 0 aromatic heterocycles. The average Bonchev–Trinajstić information content (AvgIpc) is 2.86. The van der Waals surface area contributed by atoms with Gasteiger partial charge in [0.15, 0.2) is 0 Å². The van der Waals surface area contributed by atoms with Crippen molar-refractivity contribution < 1.29 is 4.74 Å². The molecule has 3 unspecified atom stereocenters. The fourth-order valence-corrected chi connectivity index (χ4v) is 3.69. The van der Waals surface area contributed by atoms with Gasteiger partial charge in [0, 0.05) is 28.1 Å². The standard InChI is InChI=1S/C15H21BrClNO/c1-3-15-12(6-7-19-15)14(18-2)8-10-4-5-11(16)9-13(10)17/h4-5,9,12,14-15,18H,3,6-8H2,1-2H3. The van der Waals surface area contributed by atoms with Gasteiger partial charge >= 0.3 is 0 Å². The Morgan fingerprint density at radius 3 is 2.95 bits per heavy atom. The van der Waals surface area contributed by atoms with E-state index in [1.165, 1.54) is 5.56 Å². The maximum atomic E-state index is 6.32. The van der Waals surface area contributed by atoms with Gasteiger partial charge in [-0.05, 0) is 44.0 Å². The molecule has 1 fully saturated rings. The van der Waals surface area contributed by atoms with E-state index in [2.05, 4.69) is 40.3 Å². The van der Waals surface area contributed by atoms with E-state index in [4.69, 9.17) is 16.3 Å². The van der Waals surface area contributed by atoms with Gasteiger partial charge < -0.3 is 10.1 Å². The third-order valence-electron chi connectivity index (χ3n) is 4.01. The number of rotatable bonds is 5. The largest absolute Gasteiger partial charge is 0.378 e. The second kappa shape index (κ2) is 7.07. The van der Waals surface area contributed by atoms with Crippen LogP contribution in [0, 0.1) is 5.92 Å². The van der Waals surface area contributed by atoms with Crippen LogP contribution in [0.1, 0.15) is 25.3 Å². The molecule has 1 aromatic rings. The van der Waals surface area contributed by atoms with Crippen LogP contribution in [0.2, 0.25) is 5.02 Å².